The van der Waals surface area contributed by atoms with Gasteiger partial charge in [-0.3, -0.25) is 13.9 Å². The molecule has 0 heterocycles. The second-order valence-electron chi connectivity index (χ2n) is 8.36. The van der Waals surface area contributed by atoms with Crippen LogP contribution in [0.3, 0.4) is 0 Å². The topological polar surface area (TPSA) is 96.0 Å². The standard InChI is InChI=1S/C26H37N3O5S/c1-5-7-17-27-26(31)24(6-2)28(18-16-21-12-9-8-10-13-21)25(30)20-29(35(4,32)33)22-14-11-15-23(19-22)34-3/h8-15,19,24H,5-7,16-18,20H2,1-4H3,(H,27,31). The summed E-state index contributed by atoms with van der Waals surface area (Å²) in [4.78, 5) is 28.1. The second kappa shape index (κ2) is 13.7. The molecule has 1 atom stereocenters. The van der Waals surface area contributed by atoms with Gasteiger partial charge in [-0.1, -0.05) is 56.7 Å². The molecule has 35 heavy (non-hydrogen) atoms. The Morgan fingerprint density at radius 3 is 2.37 bits per heavy atom. The molecule has 1 N–H and O–H groups in total. The summed E-state index contributed by atoms with van der Waals surface area (Å²) in [5.74, 6) is -0.187. The van der Waals surface area contributed by atoms with E-state index in [1.807, 2.05) is 44.2 Å². The van der Waals surface area contributed by atoms with Gasteiger partial charge in [-0.25, -0.2) is 8.42 Å². The number of hydrogen-bond donors (Lipinski definition) is 1. The Labute approximate surface area is 209 Å². The lowest BCUT2D eigenvalue weighted by Gasteiger charge is -2.33. The Bertz CT molecular complexity index is 1060. The Morgan fingerprint density at radius 2 is 1.77 bits per heavy atom. The fourth-order valence-electron chi connectivity index (χ4n) is 3.78. The number of carbonyl (C=O) groups is 2. The van der Waals surface area contributed by atoms with Crippen LogP contribution in [-0.4, -0.2) is 64.2 Å². The van der Waals surface area contributed by atoms with Crippen molar-refractivity contribution >= 4 is 27.5 Å². The molecule has 2 rings (SSSR count). The van der Waals surface area contributed by atoms with Crippen molar-refractivity contribution in [1.82, 2.24) is 10.2 Å². The van der Waals surface area contributed by atoms with Gasteiger partial charge in [-0.2, -0.15) is 0 Å². The molecule has 0 saturated heterocycles. The lowest BCUT2D eigenvalue weighted by molar-refractivity contribution is -0.139. The fourth-order valence-corrected chi connectivity index (χ4v) is 4.62. The molecular weight excluding hydrogens is 466 g/mol. The highest BCUT2D eigenvalue weighted by atomic mass is 32.2. The predicted octanol–water partition coefficient (Wildman–Crippen LogP) is 3.23. The second-order valence-corrected chi connectivity index (χ2v) is 10.3. The van der Waals surface area contributed by atoms with Gasteiger partial charge in [-0.05, 0) is 37.0 Å². The van der Waals surface area contributed by atoms with Crippen molar-refractivity contribution in [1.29, 1.82) is 0 Å². The number of nitrogens with one attached hydrogen (secondary N) is 1. The number of carbonyl (C=O) groups excluding carboxylic acids is 2. The van der Waals surface area contributed by atoms with E-state index in [1.54, 1.807) is 24.3 Å². The number of rotatable bonds is 14. The highest BCUT2D eigenvalue weighted by Gasteiger charge is 2.31. The van der Waals surface area contributed by atoms with Crippen LogP contribution < -0.4 is 14.4 Å². The van der Waals surface area contributed by atoms with E-state index in [1.165, 1.54) is 12.0 Å². The lowest BCUT2D eigenvalue weighted by Crippen LogP contribution is -2.53. The number of methoxy groups -OCH3 is 1. The van der Waals surface area contributed by atoms with Crippen LogP contribution >= 0.6 is 0 Å². The van der Waals surface area contributed by atoms with Crippen LogP contribution in [0.4, 0.5) is 5.69 Å². The number of sulfonamides is 1. The molecule has 0 aliphatic rings. The van der Waals surface area contributed by atoms with Crippen molar-refractivity contribution < 1.29 is 22.7 Å². The lowest BCUT2D eigenvalue weighted by atomic mass is 10.1. The van der Waals surface area contributed by atoms with E-state index in [4.69, 9.17) is 4.74 Å². The van der Waals surface area contributed by atoms with Gasteiger partial charge in [0.15, 0.2) is 0 Å². The van der Waals surface area contributed by atoms with Gasteiger partial charge in [0.05, 0.1) is 19.1 Å². The number of anilines is 1. The maximum atomic E-state index is 13.6. The molecular formula is C26H37N3O5S. The van der Waals surface area contributed by atoms with E-state index in [9.17, 15) is 18.0 Å². The highest BCUT2D eigenvalue weighted by Crippen LogP contribution is 2.23. The van der Waals surface area contributed by atoms with Crippen LogP contribution in [0, 0.1) is 0 Å². The van der Waals surface area contributed by atoms with E-state index in [2.05, 4.69) is 5.32 Å². The van der Waals surface area contributed by atoms with E-state index < -0.39 is 28.5 Å². The molecule has 8 nitrogen and oxygen atoms in total. The van der Waals surface area contributed by atoms with Gasteiger partial charge in [0.1, 0.15) is 18.3 Å². The minimum absolute atomic E-state index is 0.227. The first kappa shape index (κ1) is 28.2. The van der Waals surface area contributed by atoms with Crippen LogP contribution in [0.5, 0.6) is 5.75 Å². The van der Waals surface area contributed by atoms with Crippen LogP contribution in [0.1, 0.15) is 38.7 Å². The van der Waals surface area contributed by atoms with Crippen LogP contribution in [0.25, 0.3) is 0 Å². The molecule has 0 radical (unpaired) electrons. The maximum absolute atomic E-state index is 13.6. The molecule has 0 spiro atoms. The summed E-state index contributed by atoms with van der Waals surface area (Å²) in [6, 6.07) is 15.5. The Balaban J connectivity index is 2.33. The zero-order valence-electron chi connectivity index (χ0n) is 21.1. The van der Waals surface area contributed by atoms with Gasteiger partial charge in [-0.15, -0.1) is 0 Å². The van der Waals surface area contributed by atoms with Crippen LogP contribution in [0.15, 0.2) is 54.6 Å². The summed E-state index contributed by atoms with van der Waals surface area (Å²) in [5.41, 5.74) is 1.35. The number of amides is 2. The van der Waals surface area contributed by atoms with E-state index >= 15 is 0 Å². The molecule has 2 aromatic carbocycles. The van der Waals surface area contributed by atoms with E-state index in [0.29, 0.717) is 30.8 Å². The molecule has 0 bridgehead atoms. The monoisotopic (exact) mass is 503 g/mol. The first-order valence-corrected chi connectivity index (χ1v) is 13.8. The summed E-state index contributed by atoms with van der Waals surface area (Å²) >= 11 is 0. The van der Waals surface area contributed by atoms with Crippen LogP contribution in [0.2, 0.25) is 0 Å². The first-order valence-electron chi connectivity index (χ1n) is 11.9. The van der Waals surface area contributed by atoms with Gasteiger partial charge >= 0.3 is 0 Å². The number of hydrogen-bond acceptors (Lipinski definition) is 5. The summed E-state index contributed by atoms with van der Waals surface area (Å²) < 4.78 is 31.6. The molecule has 0 aliphatic carbocycles. The minimum atomic E-state index is -3.78. The zero-order valence-corrected chi connectivity index (χ0v) is 21.9. The van der Waals surface area contributed by atoms with E-state index in [-0.39, 0.29) is 12.5 Å². The number of nitrogens with zero attached hydrogens (tertiary/aromatic N) is 2. The van der Waals surface area contributed by atoms with Gasteiger partial charge in [0.25, 0.3) is 0 Å². The molecule has 2 amide bonds. The molecule has 0 saturated carbocycles. The van der Waals surface area contributed by atoms with Gasteiger partial charge in [0, 0.05) is 19.2 Å². The summed E-state index contributed by atoms with van der Waals surface area (Å²) in [7, 11) is -2.29. The maximum Gasteiger partial charge on any atom is 0.244 e. The largest absolute Gasteiger partial charge is 0.497 e. The van der Waals surface area contributed by atoms with Crippen molar-refractivity contribution in [2.75, 3.05) is 37.3 Å². The third kappa shape index (κ3) is 8.58. The Hall–Kier alpha value is -3.07. The summed E-state index contributed by atoms with van der Waals surface area (Å²) in [6.07, 6.45) is 3.80. The zero-order chi connectivity index (χ0) is 25.8. The van der Waals surface area contributed by atoms with Crippen molar-refractivity contribution in [3.8, 4) is 5.75 Å². The van der Waals surface area contributed by atoms with Crippen molar-refractivity contribution in [2.45, 2.75) is 45.6 Å². The third-order valence-corrected chi connectivity index (χ3v) is 6.86. The summed E-state index contributed by atoms with van der Waals surface area (Å²) in [6.45, 7) is 4.30. The van der Waals surface area contributed by atoms with Crippen molar-refractivity contribution in [3.05, 3.63) is 60.2 Å². The SMILES string of the molecule is CCCCNC(=O)C(CC)N(CCc1ccccc1)C(=O)CN(c1cccc(OC)c1)S(C)(=O)=O. The number of benzene rings is 2. The molecule has 9 heteroatoms. The van der Waals surface area contributed by atoms with Crippen molar-refractivity contribution in [3.63, 3.8) is 0 Å². The molecule has 0 aliphatic heterocycles. The normalized spacial score (nSPS) is 12.0. The van der Waals surface area contributed by atoms with Crippen LogP contribution in [-0.2, 0) is 26.0 Å². The fraction of sp³-hybridized carbons (Fsp3) is 0.462. The molecule has 0 fully saturated rings. The number of unbranched alkanes of at least 4 members (excludes halogenated alkanes) is 1. The van der Waals surface area contributed by atoms with Gasteiger partial charge in [0.2, 0.25) is 21.8 Å². The molecule has 0 aromatic heterocycles. The third-order valence-electron chi connectivity index (χ3n) is 5.72. The minimum Gasteiger partial charge on any atom is -0.497 e. The smallest absolute Gasteiger partial charge is 0.244 e. The van der Waals surface area contributed by atoms with E-state index in [0.717, 1.165) is 29.0 Å². The van der Waals surface area contributed by atoms with Gasteiger partial charge < -0.3 is 15.0 Å². The molecule has 192 valence electrons. The highest BCUT2D eigenvalue weighted by molar-refractivity contribution is 7.92. The average Bonchev–Trinajstić information content (AvgIpc) is 2.84. The predicted molar refractivity (Wildman–Crippen MR) is 139 cm³/mol. The first-order chi connectivity index (χ1) is 16.7. The number of ether oxygens (including phenoxy) is 1. The Kier molecular flexibility index (Phi) is 11.0. The average molecular weight is 504 g/mol. The van der Waals surface area contributed by atoms with Crippen molar-refractivity contribution in [2.24, 2.45) is 0 Å². The summed E-state index contributed by atoms with van der Waals surface area (Å²) in [5, 5.41) is 2.92. The molecule has 1 unspecified atom stereocenters. The quantitative estimate of drug-likeness (QED) is 0.400. The Morgan fingerprint density at radius 1 is 1.06 bits per heavy atom. The molecule has 2 aromatic rings.